The van der Waals surface area contributed by atoms with E-state index in [-0.39, 0.29) is 0 Å². The van der Waals surface area contributed by atoms with Crippen LogP contribution in [0.4, 0.5) is 4.39 Å². The maximum atomic E-state index is 14.1. The molecule has 0 radical (unpaired) electrons. The Hall–Kier alpha value is -1.97. The fourth-order valence-corrected chi connectivity index (χ4v) is 4.42. The Labute approximate surface area is 208 Å². The van der Waals surface area contributed by atoms with Crippen LogP contribution in [0.25, 0.3) is 11.4 Å². The molecule has 0 fully saturated rings. The first kappa shape index (κ1) is 28.3. The van der Waals surface area contributed by atoms with E-state index in [1.54, 1.807) is 12.4 Å². The average molecular weight is 471 g/mol. The fourth-order valence-electron chi connectivity index (χ4n) is 4.42. The molecule has 34 heavy (non-hydrogen) atoms. The van der Waals surface area contributed by atoms with Gasteiger partial charge in [0.05, 0.1) is 19.0 Å². The lowest BCUT2D eigenvalue weighted by Crippen LogP contribution is -2.08. The van der Waals surface area contributed by atoms with Crippen LogP contribution in [0.1, 0.15) is 110 Å². The van der Waals surface area contributed by atoms with Gasteiger partial charge >= 0.3 is 0 Å². The standard InChI is InChI=1S/C30H47FN2O/c1-4-6-7-8-9-10-11-15-26-17-19-27(20-18-26)30-32-23-29(24-33-30)34-22-21-28(31)16-12-14-25(3)13-5-2/h17-20,23-25,28H,4-16,21-22H2,1-3H3. The number of unbranched alkanes of at least 4 members (excludes halogenated alkanes) is 6. The second-order valence-electron chi connectivity index (χ2n) is 9.87. The molecule has 190 valence electrons. The molecule has 0 aliphatic heterocycles. The number of ether oxygens (including phenoxy) is 1. The lowest BCUT2D eigenvalue weighted by molar-refractivity contribution is 0.219. The minimum absolute atomic E-state index is 0.363. The van der Waals surface area contributed by atoms with Crippen molar-refractivity contribution >= 4 is 0 Å². The molecule has 0 aliphatic carbocycles. The molecule has 0 aliphatic rings. The summed E-state index contributed by atoms with van der Waals surface area (Å²) in [4.78, 5) is 8.89. The second kappa shape index (κ2) is 17.5. The van der Waals surface area contributed by atoms with Crippen LogP contribution in [-0.2, 0) is 6.42 Å². The van der Waals surface area contributed by atoms with E-state index in [4.69, 9.17) is 4.74 Å². The topological polar surface area (TPSA) is 35.0 Å². The van der Waals surface area contributed by atoms with Crippen LogP contribution in [0.2, 0.25) is 0 Å². The third-order valence-corrected chi connectivity index (χ3v) is 6.60. The van der Waals surface area contributed by atoms with Gasteiger partial charge in [0, 0.05) is 12.0 Å². The van der Waals surface area contributed by atoms with Gasteiger partial charge in [-0.2, -0.15) is 0 Å². The van der Waals surface area contributed by atoms with E-state index in [1.165, 1.54) is 63.4 Å². The van der Waals surface area contributed by atoms with Crippen molar-refractivity contribution in [1.29, 1.82) is 0 Å². The normalized spacial score (nSPS) is 13.1. The van der Waals surface area contributed by atoms with Crippen LogP contribution in [0.15, 0.2) is 36.7 Å². The molecular weight excluding hydrogens is 423 g/mol. The molecule has 1 aromatic carbocycles. The van der Waals surface area contributed by atoms with Crippen molar-refractivity contribution in [2.75, 3.05) is 6.61 Å². The number of hydrogen-bond acceptors (Lipinski definition) is 3. The summed E-state index contributed by atoms with van der Waals surface area (Å²) in [6.07, 6.45) is 18.6. The van der Waals surface area contributed by atoms with Crippen molar-refractivity contribution in [3.05, 3.63) is 42.2 Å². The quantitative estimate of drug-likeness (QED) is 0.192. The van der Waals surface area contributed by atoms with Crippen LogP contribution < -0.4 is 4.74 Å². The zero-order valence-corrected chi connectivity index (χ0v) is 21.9. The summed E-state index contributed by atoms with van der Waals surface area (Å²) in [6.45, 7) is 7.09. The summed E-state index contributed by atoms with van der Waals surface area (Å²) in [5, 5.41) is 0. The van der Waals surface area contributed by atoms with Crippen molar-refractivity contribution in [3.8, 4) is 17.1 Å². The Morgan fingerprint density at radius 1 is 0.765 bits per heavy atom. The fraction of sp³-hybridized carbons (Fsp3) is 0.667. The van der Waals surface area contributed by atoms with Gasteiger partial charge in [-0.3, -0.25) is 0 Å². The van der Waals surface area contributed by atoms with Gasteiger partial charge in [-0.15, -0.1) is 0 Å². The maximum absolute atomic E-state index is 14.1. The highest BCUT2D eigenvalue weighted by molar-refractivity contribution is 5.55. The first-order chi connectivity index (χ1) is 16.6. The summed E-state index contributed by atoms with van der Waals surface area (Å²) >= 11 is 0. The van der Waals surface area contributed by atoms with E-state index in [0.717, 1.165) is 24.8 Å². The van der Waals surface area contributed by atoms with Crippen molar-refractivity contribution < 1.29 is 9.13 Å². The lowest BCUT2D eigenvalue weighted by Gasteiger charge is -2.12. The predicted molar refractivity (Wildman–Crippen MR) is 142 cm³/mol. The highest BCUT2D eigenvalue weighted by Gasteiger charge is 2.09. The first-order valence-corrected chi connectivity index (χ1v) is 13.8. The van der Waals surface area contributed by atoms with Crippen LogP contribution in [0.3, 0.4) is 0 Å². The Balaban J connectivity index is 1.65. The predicted octanol–water partition coefficient (Wildman–Crippen LogP) is 9.15. The van der Waals surface area contributed by atoms with Crippen molar-refractivity contribution in [3.63, 3.8) is 0 Å². The Kier molecular flexibility index (Phi) is 14.5. The highest BCUT2D eigenvalue weighted by Crippen LogP contribution is 2.20. The summed E-state index contributed by atoms with van der Waals surface area (Å²) in [6, 6.07) is 8.57. The van der Waals surface area contributed by atoms with E-state index < -0.39 is 6.17 Å². The number of benzene rings is 1. The van der Waals surface area contributed by atoms with E-state index in [0.29, 0.717) is 36.9 Å². The van der Waals surface area contributed by atoms with Gasteiger partial charge in [0.25, 0.3) is 0 Å². The van der Waals surface area contributed by atoms with Crippen LogP contribution in [0.5, 0.6) is 5.75 Å². The summed E-state index contributed by atoms with van der Waals surface area (Å²) < 4.78 is 19.8. The number of rotatable bonds is 19. The van der Waals surface area contributed by atoms with Gasteiger partial charge < -0.3 is 4.74 Å². The number of aryl methyl sites for hydroxylation is 1. The molecule has 0 N–H and O–H groups in total. The van der Waals surface area contributed by atoms with Crippen molar-refractivity contribution in [2.24, 2.45) is 5.92 Å². The van der Waals surface area contributed by atoms with Crippen molar-refractivity contribution in [2.45, 2.75) is 117 Å². The lowest BCUT2D eigenvalue weighted by atomic mass is 9.98. The molecule has 2 aromatic rings. The van der Waals surface area contributed by atoms with E-state index in [9.17, 15) is 4.39 Å². The van der Waals surface area contributed by atoms with Crippen LogP contribution in [-0.4, -0.2) is 22.7 Å². The third kappa shape index (κ3) is 11.9. The number of aromatic nitrogens is 2. The molecule has 2 rings (SSSR count). The number of alkyl halides is 1. The Morgan fingerprint density at radius 2 is 1.44 bits per heavy atom. The summed E-state index contributed by atoms with van der Waals surface area (Å²) in [7, 11) is 0. The minimum Gasteiger partial charge on any atom is -0.490 e. The summed E-state index contributed by atoms with van der Waals surface area (Å²) in [5.41, 5.74) is 2.38. The molecule has 0 bridgehead atoms. The van der Waals surface area contributed by atoms with E-state index >= 15 is 0 Å². The minimum atomic E-state index is -0.798. The average Bonchev–Trinajstić information content (AvgIpc) is 2.84. The van der Waals surface area contributed by atoms with Gasteiger partial charge in [-0.1, -0.05) is 109 Å². The molecule has 0 saturated carbocycles. The third-order valence-electron chi connectivity index (χ3n) is 6.60. The van der Waals surface area contributed by atoms with Crippen molar-refractivity contribution in [1.82, 2.24) is 9.97 Å². The molecule has 3 nitrogen and oxygen atoms in total. The zero-order valence-electron chi connectivity index (χ0n) is 21.9. The largest absolute Gasteiger partial charge is 0.490 e. The molecule has 1 heterocycles. The van der Waals surface area contributed by atoms with Gasteiger partial charge in [0.1, 0.15) is 6.17 Å². The summed E-state index contributed by atoms with van der Waals surface area (Å²) in [5.74, 6) is 1.99. The highest BCUT2D eigenvalue weighted by atomic mass is 19.1. The second-order valence-corrected chi connectivity index (χ2v) is 9.87. The molecule has 2 atom stereocenters. The molecule has 1 aromatic heterocycles. The number of hydrogen-bond donors (Lipinski definition) is 0. The van der Waals surface area contributed by atoms with Gasteiger partial charge in [-0.25, -0.2) is 14.4 Å². The van der Waals surface area contributed by atoms with Crippen LogP contribution >= 0.6 is 0 Å². The Morgan fingerprint density at radius 3 is 2.12 bits per heavy atom. The molecule has 0 amide bonds. The van der Waals surface area contributed by atoms with Gasteiger partial charge in [0.15, 0.2) is 11.6 Å². The van der Waals surface area contributed by atoms with E-state index in [2.05, 4.69) is 55.0 Å². The molecule has 4 heteroatoms. The van der Waals surface area contributed by atoms with Gasteiger partial charge in [0.2, 0.25) is 0 Å². The zero-order chi connectivity index (χ0) is 24.4. The molecule has 2 unspecified atom stereocenters. The van der Waals surface area contributed by atoms with E-state index in [1.807, 2.05) is 0 Å². The number of nitrogens with zero attached hydrogens (tertiary/aromatic N) is 2. The van der Waals surface area contributed by atoms with Gasteiger partial charge in [-0.05, 0) is 30.7 Å². The van der Waals surface area contributed by atoms with Crippen LogP contribution in [0, 0.1) is 5.92 Å². The molecular formula is C30H47FN2O. The SMILES string of the molecule is CCCCCCCCCc1ccc(-c2ncc(OCCC(F)CCCC(C)CCC)cn2)cc1. The first-order valence-electron chi connectivity index (χ1n) is 13.8. The molecule has 0 saturated heterocycles. The monoisotopic (exact) mass is 470 g/mol. The maximum Gasteiger partial charge on any atom is 0.159 e. The smallest absolute Gasteiger partial charge is 0.159 e. The molecule has 0 spiro atoms. The Bertz CT molecular complexity index is 747. The number of halogens is 1.